The van der Waals surface area contributed by atoms with Gasteiger partial charge in [0.25, 0.3) is 11.6 Å². The Hall–Kier alpha value is -2.94. The first-order chi connectivity index (χ1) is 12.3. The van der Waals surface area contributed by atoms with Gasteiger partial charge in [-0.25, -0.2) is 8.42 Å². The van der Waals surface area contributed by atoms with E-state index in [4.69, 9.17) is 0 Å². The first-order valence-corrected chi connectivity index (χ1v) is 9.56. The molecule has 0 aliphatic carbocycles. The fraction of sp³-hybridized carbons (Fsp3) is 0.235. The number of hydrogen-bond acceptors (Lipinski definition) is 5. The molecule has 3 rings (SSSR count). The van der Waals surface area contributed by atoms with Crippen LogP contribution in [0.4, 0.5) is 17.1 Å². The molecule has 1 N–H and O–H groups in total. The van der Waals surface area contributed by atoms with Gasteiger partial charge in [-0.3, -0.25) is 19.2 Å². The number of aryl methyl sites for hydroxylation is 1. The van der Waals surface area contributed by atoms with Crippen molar-refractivity contribution in [2.75, 3.05) is 21.9 Å². The number of sulfonamides is 1. The molecule has 1 fully saturated rings. The monoisotopic (exact) mass is 375 g/mol. The van der Waals surface area contributed by atoms with Gasteiger partial charge in [-0.05, 0) is 43.2 Å². The van der Waals surface area contributed by atoms with E-state index < -0.39 is 20.9 Å². The lowest BCUT2D eigenvalue weighted by Gasteiger charge is -2.18. The molecule has 2 aromatic rings. The molecule has 0 bridgehead atoms. The van der Waals surface area contributed by atoms with Crippen molar-refractivity contribution in [3.05, 3.63) is 63.7 Å². The van der Waals surface area contributed by atoms with Gasteiger partial charge >= 0.3 is 0 Å². The number of non-ortho nitro benzene ring substituents is 1. The van der Waals surface area contributed by atoms with Gasteiger partial charge in [0.15, 0.2) is 0 Å². The fourth-order valence-corrected chi connectivity index (χ4v) is 4.38. The molecule has 136 valence electrons. The number of rotatable bonds is 4. The van der Waals surface area contributed by atoms with E-state index in [-0.39, 0.29) is 17.0 Å². The number of anilines is 2. The summed E-state index contributed by atoms with van der Waals surface area (Å²) in [6.45, 7) is 2.20. The van der Waals surface area contributed by atoms with E-state index in [2.05, 4.69) is 5.32 Å². The quantitative estimate of drug-likeness (QED) is 0.653. The Kier molecular flexibility index (Phi) is 4.64. The number of nitro benzene ring substituents is 1. The standard InChI is InChI=1S/C17H17N3O5S/c1-12-10-14(19-8-3-9-26(19,24)25)6-7-16(12)18-17(21)13-4-2-5-15(11-13)20(22)23/h2,4-7,10-11H,3,8-9H2,1H3,(H,18,21). The van der Waals surface area contributed by atoms with Crippen LogP contribution in [-0.4, -0.2) is 31.5 Å². The predicted molar refractivity (Wildman–Crippen MR) is 98.0 cm³/mol. The van der Waals surface area contributed by atoms with Gasteiger partial charge < -0.3 is 5.32 Å². The van der Waals surface area contributed by atoms with Crippen LogP contribution in [0.5, 0.6) is 0 Å². The highest BCUT2D eigenvalue weighted by molar-refractivity contribution is 7.93. The second kappa shape index (κ2) is 6.75. The number of benzene rings is 2. The molecule has 8 nitrogen and oxygen atoms in total. The van der Waals surface area contributed by atoms with Gasteiger partial charge in [-0.1, -0.05) is 6.07 Å². The number of carbonyl (C=O) groups is 1. The summed E-state index contributed by atoms with van der Waals surface area (Å²) in [5.74, 6) is -0.338. The van der Waals surface area contributed by atoms with Crippen molar-refractivity contribution >= 4 is 33.0 Å². The van der Waals surface area contributed by atoms with Crippen molar-refractivity contribution in [2.24, 2.45) is 0 Å². The molecular weight excluding hydrogens is 358 g/mol. The second-order valence-electron chi connectivity index (χ2n) is 6.00. The third-order valence-corrected chi connectivity index (χ3v) is 6.03. The maximum atomic E-state index is 12.3. The third kappa shape index (κ3) is 3.52. The summed E-state index contributed by atoms with van der Waals surface area (Å²) in [5.41, 5.74) is 1.78. The van der Waals surface area contributed by atoms with Crippen LogP contribution in [0.1, 0.15) is 22.3 Å². The van der Waals surface area contributed by atoms with Crippen LogP contribution >= 0.6 is 0 Å². The van der Waals surface area contributed by atoms with Gasteiger partial charge in [0.2, 0.25) is 10.0 Å². The Morgan fingerprint density at radius 2 is 2.00 bits per heavy atom. The average molecular weight is 375 g/mol. The largest absolute Gasteiger partial charge is 0.322 e. The summed E-state index contributed by atoms with van der Waals surface area (Å²) in [6, 6.07) is 10.4. The molecule has 1 amide bonds. The van der Waals surface area contributed by atoms with Gasteiger partial charge in [0.1, 0.15) is 0 Å². The smallest absolute Gasteiger partial charge is 0.270 e. The van der Waals surface area contributed by atoms with Crippen molar-refractivity contribution in [3.8, 4) is 0 Å². The number of nitro groups is 1. The van der Waals surface area contributed by atoms with Gasteiger partial charge in [0, 0.05) is 29.9 Å². The molecule has 1 saturated heterocycles. The third-order valence-electron chi connectivity index (χ3n) is 4.16. The lowest BCUT2D eigenvalue weighted by molar-refractivity contribution is -0.384. The van der Waals surface area contributed by atoms with E-state index in [1.807, 2.05) is 0 Å². The van der Waals surface area contributed by atoms with Crippen LogP contribution in [0.15, 0.2) is 42.5 Å². The Balaban J connectivity index is 1.81. The highest BCUT2D eigenvalue weighted by Gasteiger charge is 2.28. The molecule has 1 aliphatic rings. The molecule has 9 heteroatoms. The highest BCUT2D eigenvalue weighted by Crippen LogP contribution is 2.28. The van der Waals surface area contributed by atoms with Gasteiger partial charge in [-0.2, -0.15) is 0 Å². The van der Waals surface area contributed by atoms with Crippen LogP contribution < -0.4 is 9.62 Å². The maximum absolute atomic E-state index is 12.3. The topological polar surface area (TPSA) is 110 Å². The molecule has 0 unspecified atom stereocenters. The summed E-state index contributed by atoms with van der Waals surface area (Å²) in [7, 11) is -3.27. The highest BCUT2D eigenvalue weighted by atomic mass is 32.2. The molecule has 0 spiro atoms. The minimum atomic E-state index is -3.27. The SMILES string of the molecule is Cc1cc(N2CCCS2(=O)=O)ccc1NC(=O)c1cccc([N+](=O)[O-])c1. The molecule has 26 heavy (non-hydrogen) atoms. The lowest BCUT2D eigenvalue weighted by Crippen LogP contribution is -2.25. The normalized spacial score (nSPS) is 15.7. The summed E-state index contributed by atoms with van der Waals surface area (Å²) in [4.78, 5) is 22.6. The molecular formula is C17H17N3O5S. The summed E-state index contributed by atoms with van der Waals surface area (Å²) < 4.78 is 25.4. The Bertz CT molecular complexity index is 988. The molecule has 0 saturated carbocycles. The number of nitrogens with one attached hydrogen (secondary N) is 1. The zero-order chi connectivity index (χ0) is 18.9. The molecule has 0 aromatic heterocycles. The lowest BCUT2D eigenvalue weighted by atomic mass is 10.1. The number of hydrogen-bond donors (Lipinski definition) is 1. The summed E-state index contributed by atoms with van der Waals surface area (Å²) in [6.07, 6.45) is 0.590. The van der Waals surface area contributed by atoms with E-state index in [9.17, 15) is 23.3 Å². The van der Waals surface area contributed by atoms with E-state index in [1.165, 1.54) is 28.6 Å². The van der Waals surface area contributed by atoms with Gasteiger partial charge in [0.05, 0.1) is 16.4 Å². The first kappa shape index (κ1) is 17.9. The maximum Gasteiger partial charge on any atom is 0.270 e. The predicted octanol–water partition coefficient (Wildman–Crippen LogP) is 2.70. The molecule has 2 aromatic carbocycles. The fourth-order valence-electron chi connectivity index (χ4n) is 2.83. The Labute approximate surface area is 150 Å². The van der Waals surface area contributed by atoms with Crippen LogP contribution in [-0.2, 0) is 10.0 Å². The molecule has 0 radical (unpaired) electrons. The molecule has 0 atom stereocenters. The van der Waals surface area contributed by atoms with E-state index in [0.717, 1.165) is 0 Å². The van der Waals surface area contributed by atoms with Crippen LogP contribution in [0.25, 0.3) is 0 Å². The van der Waals surface area contributed by atoms with E-state index in [0.29, 0.717) is 29.9 Å². The van der Waals surface area contributed by atoms with Crippen LogP contribution in [0, 0.1) is 17.0 Å². The van der Waals surface area contributed by atoms with Crippen LogP contribution in [0.2, 0.25) is 0 Å². The Morgan fingerprint density at radius 1 is 1.23 bits per heavy atom. The zero-order valence-corrected chi connectivity index (χ0v) is 14.8. The molecule has 1 aliphatic heterocycles. The summed E-state index contributed by atoms with van der Waals surface area (Å²) >= 11 is 0. The van der Waals surface area contributed by atoms with Crippen molar-refractivity contribution in [1.29, 1.82) is 0 Å². The second-order valence-corrected chi connectivity index (χ2v) is 8.02. The number of amides is 1. The van der Waals surface area contributed by atoms with E-state index in [1.54, 1.807) is 25.1 Å². The average Bonchev–Trinajstić information content (AvgIpc) is 2.96. The minimum Gasteiger partial charge on any atom is -0.322 e. The Morgan fingerprint density at radius 3 is 2.62 bits per heavy atom. The zero-order valence-electron chi connectivity index (χ0n) is 14.0. The van der Waals surface area contributed by atoms with Gasteiger partial charge in [-0.15, -0.1) is 0 Å². The minimum absolute atomic E-state index is 0.136. The van der Waals surface area contributed by atoms with Crippen molar-refractivity contribution < 1.29 is 18.1 Å². The summed E-state index contributed by atoms with van der Waals surface area (Å²) in [5, 5.41) is 13.5. The van der Waals surface area contributed by atoms with Crippen molar-refractivity contribution in [3.63, 3.8) is 0 Å². The number of nitrogens with zero attached hydrogens (tertiary/aromatic N) is 2. The molecule has 1 heterocycles. The van der Waals surface area contributed by atoms with Crippen LogP contribution in [0.3, 0.4) is 0 Å². The van der Waals surface area contributed by atoms with Crippen molar-refractivity contribution in [1.82, 2.24) is 0 Å². The van der Waals surface area contributed by atoms with E-state index >= 15 is 0 Å². The van der Waals surface area contributed by atoms with Crippen molar-refractivity contribution in [2.45, 2.75) is 13.3 Å². The first-order valence-electron chi connectivity index (χ1n) is 7.95. The number of carbonyl (C=O) groups excluding carboxylic acids is 1.